The molecule has 6 heteroatoms. The van der Waals surface area contributed by atoms with Crippen LogP contribution in [0.4, 0.5) is 8.78 Å². The van der Waals surface area contributed by atoms with E-state index in [-0.39, 0.29) is 12.6 Å². The summed E-state index contributed by atoms with van der Waals surface area (Å²) in [6, 6.07) is 3.66. The van der Waals surface area contributed by atoms with E-state index < -0.39 is 24.4 Å². The minimum Gasteiger partial charge on any atom is -0.456 e. The third kappa shape index (κ3) is 2.81. The van der Waals surface area contributed by atoms with Crippen LogP contribution in [0.25, 0.3) is 0 Å². The molecule has 4 nitrogen and oxygen atoms in total. The molecular formula is C12H14F2N2O2. The highest BCUT2D eigenvalue weighted by atomic mass is 19.3. The molecule has 98 valence electrons. The summed E-state index contributed by atoms with van der Waals surface area (Å²) in [7, 11) is 0. The summed E-state index contributed by atoms with van der Waals surface area (Å²) in [4.78, 5) is 14.8. The van der Waals surface area contributed by atoms with Crippen LogP contribution in [0.2, 0.25) is 0 Å². The van der Waals surface area contributed by atoms with Gasteiger partial charge in [-0.1, -0.05) is 6.07 Å². The summed E-state index contributed by atoms with van der Waals surface area (Å²) in [5, 5.41) is 3.05. The van der Waals surface area contributed by atoms with Gasteiger partial charge in [0.15, 0.2) is 0 Å². The van der Waals surface area contributed by atoms with Crippen molar-refractivity contribution in [2.75, 3.05) is 6.54 Å². The maximum Gasteiger partial charge on any atom is 0.377 e. The van der Waals surface area contributed by atoms with E-state index in [0.717, 1.165) is 5.56 Å². The normalized spacial score (nSPS) is 23.7. The number of nitrogens with one attached hydrogen (secondary N) is 1. The van der Waals surface area contributed by atoms with Gasteiger partial charge in [-0.05, 0) is 18.6 Å². The van der Waals surface area contributed by atoms with Gasteiger partial charge >= 0.3 is 11.9 Å². The highest BCUT2D eigenvalue weighted by molar-refractivity contribution is 5.79. The zero-order chi connectivity index (χ0) is 13.2. The molecule has 1 aromatic heterocycles. The molecule has 2 rings (SSSR count). The largest absolute Gasteiger partial charge is 0.456 e. The molecule has 0 amide bonds. The minimum atomic E-state index is -3.34. The molecule has 1 aliphatic rings. The van der Waals surface area contributed by atoms with Crippen molar-refractivity contribution in [2.45, 2.75) is 31.4 Å². The fourth-order valence-electron chi connectivity index (χ4n) is 1.82. The first kappa shape index (κ1) is 12.9. The summed E-state index contributed by atoms with van der Waals surface area (Å²) in [5.41, 5.74) is 0.952. The fraction of sp³-hybridized carbons (Fsp3) is 0.500. The van der Waals surface area contributed by atoms with Gasteiger partial charge in [-0.15, -0.1) is 0 Å². The molecule has 2 heterocycles. The van der Waals surface area contributed by atoms with Crippen LogP contribution in [0, 0.1) is 0 Å². The maximum absolute atomic E-state index is 12.9. The van der Waals surface area contributed by atoms with Crippen LogP contribution in [-0.2, 0) is 9.53 Å². The van der Waals surface area contributed by atoms with Crippen molar-refractivity contribution in [1.29, 1.82) is 0 Å². The van der Waals surface area contributed by atoms with Crippen LogP contribution < -0.4 is 5.32 Å². The first-order valence-electron chi connectivity index (χ1n) is 5.71. The molecule has 0 spiro atoms. The number of ether oxygens (including phenoxy) is 1. The molecule has 0 aliphatic carbocycles. The molecular weight excluding hydrogens is 242 g/mol. The van der Waals surface area contributed by atoms with Gasteiger partial charge in [0.25, 0.3) is 0 Å². The molecule has 2 atom stereocenters. The third-order valence-corrected chi connectivity index (χ3v) is 2.89. The number of hydrogen-bond acceptors (Lipinski definition) is 4. The molecule has 0 bridgehead atoms. The molecule has 0 radical (unpaired) electrons. The highest BCUT2D eigenvalue weighted by Crippen LogP contribution is 2.30. The summed E-state index contributed by atoms with van der Waals surface area (Å²) in [6.07, 6.45) is 2.03. The molecule has 0 saturated carbocycles. The van der Waals surface area contributed by atoms with E-state index in [1.165, 1.54) is 0 Å². The Morgan fingerprint density at radius 1 is 1.67 bits per heavy atom. The number of cyclic esters (lactones) is 1. The standard InChI is InChI=1S/C12H14F2N2O2/c1-8(9-3-2-4-15-6-9)16-7-10-5-12(13,14)11(17)18-10/h2-4,6,8,10,16H,5,7H2,1H3/t8-,10?/m1/s1. The SMILES string of the molecule is C[C@@H](NCC1CC(F)(F)C(=O)O1)c1cccnc1. The van der Waals surface area contributed by atoms with E-state index in [9.17, 15) is 13.6 Å². The van der Waals surface area contributed by atoms with Crippen LogP contribution in [0.1, 0.15) is 24.9 Å². The van der Waals surface area contributed by atoms with Crippen molar-refractivity contribution in [1.82, 2.24) is 10.3 Å². The highest BCUT2D eigenvalue weighted by Gasteiger charge is 2.50. The number of aromatic nitrogens is 1. The number of alkyl halides is 2. The van der Waals surface area contributed by atoms with E-state index >= 15 is 0 Å². The number of hydrogen-bond donors (Lipinski definition) is 1. The topological polar surface area (TPSA) is 51.2 Å². The first-order valence-corrected chi connectivity index (χ1v) is 5.71. The Morgan fingerprint density at radius 2 is 2.44 bits per heavy atom. The van der Waals surface area contributed by atoms with Gasteiger partial charge in [-0.3, -0.25) is 4.98 Å². The van der Waals surface area contributed by atoms with Crippen LogP contribution in [0.15, 0.2) is 24.5 Å². The Labute approximate surface area is 103 Å². The molecule has 1 unspecified atom stereocenters. The molecule has 0 aromatic carbocycles. The Hall–Kier alpha value is -1.56. The lowest BCUT2D eigenvalue weighted by atomic mass is 10.1. The van der Waals surface area contributed by atoms with E-state index in [1.54, 1.807) is 18.5 Å². The Bertz CT molecular complexity index is 425. The summed E-state index contributed by atoms with van der Waals surface area (Å²) >= 11 is 0. The first-order chi connectivity index (χ1) is 8.49. The second-order valence-electron chi connectivity index (χ2n) is 4.35. The summed E-state index contributed by atoms with van der Waals surface area (Å²) < 4.78 is 30.4. The zero-order valence-electron chi connectivity index (χ0n) is 9.90. The lowest BCUT2D eigenvalue weighted by Gasteiger charge is -2.16. The van der Waals surface area contributed by atoms with Gasteiger partial charge in [0.1, 0.15) is 6.10 Å². The predicted molar refractivity (Wildman–Crippen MR) is 60.1 cm³/mol. The number of carbonyl (C=O) groups excluding carboxylic acids is 1. The van der Waals surface area contributed by atoms with Crippen molar-refractivity contribution < 1.29 is 18.3 Å². The lowest BCUT2D eigenvalue weighted by molar-refractivity contribution is -0.159. The lowest BCUT2D eigenvalue weighted by Crippen LogP contribution is -2.29. The molecule has 1 fully saturated rings. The van der Waals surface area contributed by atoms with Gasteiger partial charge in [0.05, 0.1) is 6.42 Å². The molecule has 1 N–H and O–H groups in total. The summed E-state index contributed by atoms with van der Waals surface area (Å²) in [6.45, 7) is 2.10. The molecule has 1 saturated heterocycles. The van der Waals surface area contributed by atoms with Gasteiger partial charge in [0, 0.05) is 25.0 Å². The number of rotatable bonds is 4. The van der Waals surface area contributed by atoms with Crippen molar-refractivity contribution in [3.8, 4) is 0 Å². The number of halogens is 2. The fourth-order valence-corrected chi connectivity index (χ4v) is 1.82. The van der Waals surface area contributed by atoms with Crippen LogP contribution in [-0.4, -0.2) is 29.5 Å². The number of carbonyl (C=O) groups is 1. The quantitative estimate of drug-likeness (QED) is 0.833. The minimum absolute atomic E-state index is 0.0355. The number of esters is 1. The van der Waals surface area contributed by atoms with Gasteiger partial charge in [0.2, 0.25) is 0 Å². The van der Waals surface area contributed by atoms with Crippen LogP contribution >= 0.6 is 0 Å². The Morgan fingerprint density at radius 3 is 3.00 bits per heavy atom. The van der Waals surface area contributed by atoms with E-state index in [0.29, 0.717) is 0 Å². The number of nitrogens with zero attached hydrogens (tertiary/aromatic N) is 1. The second-order valence-corrected chi connectivity index (χ2v) is 4.35. The average Bonchev–Trinajstić information content (AvgIpc) is 2.61. The Balaban J connectivity index is 1.85. The smallest absolute Gasteiger partial charge is 0.377 e. The third-order valence-electron chi connectivity index (χ3n) is 2.89. The molecule has 18 heavy (non-hydrogen) atoms. The Kier molecular flexibility index (Phi) is 3.56. The molecule has 1 aliphatic heterocycles. The molecule has 1 aromatic rings. The maximum atomic E-state index is 12.9. The number of pyridine rings is 1. The van der Waals surface area contributed by atoms with Crippen LogP contribution in [0.5, 0.6) is 0 Å². The van der Waals surface area contributed by atoms with E-state index in [2.05, 4.69) is 15.0 Å². The van der Waals surface area contributed by atoms with Gasteiger partial charge in [-0.25, -0.2) is 4.79 Å². The average molecular weight is 256 g/mol. The van der Waals surface area contributed by atoms with E-state index in [1.807, 2.05) is 13.0 Å². The zero-order valence-corrected chi connectivity index (χ0v) is 9.90. The van der Waals surface area contributed by atoms with E-state index in [4.69, 9.17) is 0 Å². The monoisotopic (exact) mass is 256 g/mol. The van der Waals surface area contributed by atoms with Gasteiger partial charge < -0.3 is 10.1 Å². The van der Waals surface area contributed by atoms with Crippen LogP contribution in [0.3, 0.4) is 0 Å². The summed E-state index contributed by atoms with van der Waals surface area (Å²) in [5.74, 6) is -4.77. The van der Waals surface area contributed by atoms with Crippen molar-refractivity contribution in [3.63, 3.8) is 0 Å². The van der Waals surface area contributed by atoms with Crippen molar-refractivity contribution in [3.05, 3.63) is 30.1 Å². The van der Waals surface area contributed by atoms with Crippen molar-refractivity contribution >= 4 is 5.97 Å². The second kappa shape index (κ2) is 4.97. The predicted octanol–water partition coefficient (Wildman–Crippen LogP) is 1.68. The van der Waals surface area contributed by atoms with Crippen molar-refractivity contribution in [2.24, 2.45) is 0 Å². The van der Waals surface area contributed by atoms with Gasteiger partial charge in [-0.2, -0.15) is 8.78 Å².